The molecule has 0 bridgehead atoms. The van der Waals surface area contributed by atoms with Gasteiger partial charge in [-0.1, -0.05) is 288 Å². The molecule has 3 amide bonds. The van der Waals surface area contributed by atoms with Crippen LogP contribution in [0.5, 0.6) is 11.5 Å². The molecule has 111 heavy (non-hydrogen) atoms. The van der Waals surface area contributed by atoms with Crippen molar-refractivity contribution in [1.29, 1.82) is 0 Å². The number of benzene rings is 3. The summed E-state index contributed by atoms with van der Waals surface area (Å²) in [7, 11) is 3.23. The van der Waals surface area contributed by atoms with Gasteiger partial charge in [-0.25, -0.2) is 4.79 Å². The summed E-state index contributed by atoms with van der Waals surface area (Å²) in [5.74, 6) is 5.09. The van der Waals surface area contributed by atoms with Gasteiger partial charge < -0.3 is 43.9 Å². The highest BCUT2D eigenvalue weighted by Gasteiger charge is 2.59. The van der Waals surface area contributed by atoms with Gasteiger partial charge in [0.1, 0.15) is 29.3 Å². The minimum atomic E-state index is -1.28. The molecule has 0 spiro atoms. The Morgan fingerprint density at radius 3 is 1.58 bits per heavy atom. The maximum atomic E-state index is 14.9. The number of carbonyl (C=O) groups excluding carboxylic acids is 4. The zero-order chi connectivity index (χ0) is 78.9. The molecule has 14 nitrogen and oxygen atoms in total. The molecule has 1 saturated heterocycles. The quantitative estimate of drug-likeness (QED) is 0.0407. The number of nitrogens with zero attached hydrogens (tertiary/aromatic N) is 2. The van der Waals surface area contributed by atoms with Crippen LogP contribution in [0.1, 0.15) is 366 Å². The van der Waals surface area contributed by atoms with Crippen molar-refractivity contribution in [2.45, 2.75) is 380 Å². The number of carboxylic acids is 1. The molecule has 624 valence electrons. The molecule has 1 aliphatic heterocycles. The molecular weight excluding hydrogens is 1380 g/mol. The summed E-state index contributed by atoms with van der Waals surface area (Å²) in [5.41, 5.74) is 1.52. The Bertz CT molecular complexity index is 2990. The SMILES string of the molecule is CCCCCCCCCCCCCCCCCCN(CCCCCCCCCCCCCCCCCC)C(=O)CCC(C)C1CCC2C3CCC4CC(OC(=O)NCCCCCC(=O)N5CC(OC(=O)CCC(=O)O)CC5C(OCc5ccccc5)(c5ccc(OC)cc5)c5ccc(OC)cc5)CC(C)C4C3CCC12C. The van der Waals surface area contributed by atoms with E-state index < -0.39 is 29.7 Å². The van der Waals surface area contributed by atoms with Crippen LogP contribution < -0.4 is 14.8 Å². The van der Waals surface area contributed by atoms with Crippen LogP contribution in [-0.4, -0.2) is 103 Å². The van der Waals surface area contributed by atoms with E-state index in [-0.39, 0.29) is 56.9 Å². The zero-order valence-corrected chi connectivity index (χ0v) is 71.0. The van der Waals surface area contributed by atoms with Crippen LogP contribution in [0, 0.1) is 52.8 Å². The number of likely N-dealkylation sites (tertiary alicyclic amines) is 1. The van der Waals surface area contributed by atoms with E-state index in [1.807, 2.05) is 78.9 Å². The van der Waals surface area contributed by atoms with Crippen LogP contribution in [0.15, 0.2) is 78.9 Å². The van der Waals surface area contributed by atoms with Crippen LogP contribution in [-0.2, 0) is 45.6 Å². The van der Waals surface area contributed by atoms with Crippen LogP contribution in [0.3, 0.4) is 0 Å². The molecule has 12 atom stereocenters. The van der Waals surface area contributed by atoms with Gasteiger partial charge in [0.15, 0.2) is 0 Å². The number of carboxylic acid groups (broad SMARTS) is 1. The largest absolute Gasteiger partial charge is 0.497 e. The molecule has 3 aromatic carbocycles. The lowest BCUT2D eigenvalue weighted by atomic mass is 9.47. The molecule has 4 aliphatic carbocycles. The fourth-order valence-electron chi connectivity index (χ4n) is 21.5. The second-order valence-electron chi connectivity index (χ2n) is 35.6. The minimum absolute atomic E-state index is 0.101. The normalized spacial score (nSPS) is 23.1. The molecule has 3 aromatic rings. The second kappa shape index (κ2) is 50.7. The summed E-state index contributed by atoms with van der Waals surface area (Å²) >= 11 is 0. The number of esters is 1. The number of aliphatic carboxylic acids is 1. The van der Waals surface area contributed by atoms with E-state index in [0.717, 1.165) is 79.6 Å². The Balaban J connectivity index is 0.772. The molecule has 8 rings (SSSR count). The number of nitrogens with one attached hydrogen (secondary N) is 1. The van der Waals surface area contributed by atoms with Crippen LogP contribution in [0.4, 0.5) is 4.79 Å². The second-order valence-corrected chi connectivity index (χ2v) is 35.6. The monoisotopic (exact) mass is 1540 g/mol. The van der Waals surface area contributed by atoms with Gasteiger partial charge in [-0.15, -0.1) is 0 Å². The van der Waals surface area contributed by atoms with Gasteiger partial charge >= 0.3 is 18.0 Å². The number of hydrogen-bond donors (Lipinski definition) is 2. The van der Waals surface area contributed by atoms with Gasteiger partial charge in [-0.3, -0.25) is 19.2 Å². The van der Waals surface area contributed by atoms with Crippen LogP contribution in [0.25, 0.3) is 0 Å². The average molecular weight is 1540 g/mol. The summed E-state index contributed by atoms with van der Waals surface area (Å²) in [5, 5.41) is 12.5. The molecule has 0 aromatic heterocycles. The number of methoxy groups -OCH3 is 2. The van der Waals surface area contributed by atoms with Crippen molar-refractivity contribution in [3.05, 3.63) is 95.6 Å². The molecule has 12 unspecified atom stereocenters. The lowest BCUT2D eigenvalue weighted by molar-refractivity contribution is -0.152. The van der Waals surface area contributed by atoms with Crippen molar-refractivity contribution in [3.63, 3.8) is 0 Å². The van der Waals surface area contributed by atoms with E-state index in [4.69, 9.17) is 23.7 Å². The maximum absolute atomic E-state index is 14.9. The first-order chi connectivity index (χ1) is 54.1. The van der Waals surface area contributed by atoms with Gasteiger partial charge in [-0.05, 0) is 177 Å². The molecule has 1 heterocycles. The summed E-state index contributed by atoms with van der Waals surface area (Å²) < 4.78 is 30.8. The smallest absolute Gasteiger partial charge is 0.407 e. The summed E-state index contributed by atoms with van der Waals surface area (Å²) in [6.07, 6.45) is 55.6. The number of alkyl carbamates (subject to hydrolysis) is 1. The van der Waals surface area contributed by atoms with Gasteiger partial charge in [0.2, 0.25) is 11.8 Å². The van der Waals surface area contributed by atoms with E-state index in [0.29, 0.717) is 84.6 Å². The van der Waals surface area contributed by atoms with E-state index in [1.165, 1.54) is 231 Å². The van der Waals surface area contributed by atoms with Crippen molar-refractivity contribution in [2.75, 3.05) is 40.4 Å². The predicted molar refractivity (Wildman–Crippen MR) is 451 cm³/mol. The Morgan fingerprint density at radius 1 is 0.550 bits per heavy atom. The van der Waals surface area contributed by atoms with E-state index in [9.17, 15) is 29.1 Å². The molecule has 5 fully saturated rings. The minimum Gasteiger partial charge on any atom is -0.497 e. The molecule has 14 heteroatoms. The topological polar surface area (TPSA) is 170 Å². The highest BCUT2D eigenvalue weighted by atomic mass is 16.6. The number of rotatable bonds is 57. The number of ether oxygens (including phenoxy) is 5. The number of unbranched alkanes of at least 4 members (excludes halogenated alkanes) is 32. The van der Waals surface area contributed by atoms with Crippen molar-refractivity contribution >= 4 is 29.8 Å². The maximum Gasteiger partial charge on any atom is 0.407 e. The van der Waals surface area contributed by atoms with Crippen molar-refractivity contribution < 1.29 is 52.8 Å². The lowest BCUT2D eigenvalue weighted by Gasteiger charge is -2.58. The highest BCUT2D eigenvalue weighted by Crippen LogP contribution is 2.66. The lowest BCUT2D eigenvalue weighted by Crippen LogP contribution is -2.52. The predicted octanol–water partition coefficient (Wildman–Crippen LogP) is 24.5. The Hall–Kier alpha value is -5.63. The van der Waals surface area contributed by atoms with Crippen LogP contribution in [0.2, 0.25) is 0 Å². The third-order valence-electron chi connectivity index (χ3n) is 27.6. The van der Waals surface area contributed by atoms with Crippen LogP contribution >= 0.6 is 0 Å². The van der Waals surface area contributed by atoms with E-state index in [1.54, 1.807) is 19.1 Å². The molecule has 4 saturated carbocycles. The average Bonchev–Trinajstić information content (AvgIpc) is 1.69. The van der Waals surface area contributed by atoms with Crippen molar-refractivity contribution in [3.8, 4) is 11.5 Å². The Labute approximate surface area is 674 Å². The Kier molecular flexibility index (Phi) is 41.5. The third kappa shape index (κ3) is 29.3. The third-order valence-corrected chi connectivity index (χ3v) is 27.6. The van der Waals surface area contributed by atoms with E-state index >= 15 is 0 Å². The first kappa shape index (κ1) is 90.9. The van der Waals surface area contributed by atoms with Gasteiger partial charge in [0, 0.05) is 38.9 Å². The fourth-order valence-corrected chi connectivity index (χ4v) is 21.5. The highest BCUT2D eigenvalue weighted by molar-refractivity contribution is 5.79. The molecular formula is C97H155N3O11. The fraction of sp³-hybridized carbons (Fsp3) is 0.763. The standard InChI is InChI=1S/C97H155N3O11/c1-8-10-12-14-16-18-20-22-24-26-28-30-32-34-36-44-68-99(69-45-37-35-33-31-29-27-25-23-21-19-17-15-13-11-9-2)90(101)62-49-75(3)87-60-61-88-85-59-50-78-71-83(70-76(4)94(78)86(85)65-66-96(87,88)5)111-95(106)98-67-43-39-42-48-91(102)100-73-84(110-93(105)64-63-92(103)104)72-89(100)97(79-51-55-81(107-6)56-52-79,80-53-57-82(108-7)58-54-80)109-74-77-46-40-38-41-47-77/h38,40-41,46-47,51-58,75-76,78,83-89,94H,8-37,39,42-45,48-50,59-74H2,1-7H3,(H,98,106)(H,103,104). The summed E-state index contributed by atoms with van der Waals surface area (Å²) in [4.78, 5) is 71.8. The number of carbonyl (C=O) groups is 5. The molecule has 2 N–H and O–H groups in total. The summed E-state index contributed by atoms with van der Waals surface area (Å²) in [6.45, 7) is 14.8. The Morgan fingerprint density at radius 2 is 1.06 bits per heavy atom. The first-order valence-electron chi connectivity index (χ1n) is 46.0. The van der Waals surface area contributed by atoms with E-state index in [2.05, 4.69) is 44.8 Å². The summed E-state index contributed by atoms with van der Waals surface area (Å²) in [6, 6.07) is 24.5. The van der Waals surface area contributed by atoms with Crippen molar-refractivity contribution in [2.24, 2.45) is 52.8 Å². The zero-order valence-electron chi connectivity index (χ0n) is 71.0. The number of fused-ring (bicyclic) bond motifs is 5. The van der Waals surface area contributed by atoms with Gasteiger partial charge in [0.05, 0.1) is 46.3 Å². The van der Waals surface area contributed by atoms with Gasteiger partial charge in [-0.2, -0.15) is 0 Å². The van der Waals surface area contributed by atoms with Crippen molar-refractivity contribution in [1.82, 2.24) is 15.1 Å². The number of hydrogen-bond acceptors (Lipinski definition) is 10. The first-order valence-corrected chi connectivity index (χ1v) is 46.0. The number of amides is 3. The van der Waals surface area contributed by atoms with Gasteiger partial charge in [0.25, 0.3) is 0 Å². The molecule has 0 radical (unpaired) electrons. The molecule has 5 aliphatic rings.